The van der Waals surface area contributed by atoms with E-state index in [1.165, 1.54) is 14.2 Å². The van der Waals surface area contributed by atoms with Gasteiger partial charge in [0.15, 0.2) is 6.29 Å². The predicted molar refractivity (Wildman–Crippen MR) is 107 cm³/mol. The first-order valence-corrected chi connectivity index (χ1v) is 9.45. The van der Waals surface area contributed by atoms with Crippen molar-refractivity contribution < 1.29 is 28.9 Å². The van der Waals surface area contributed by atoms with Crippen LogP contribution in [0.4, 0.5) is 4.79 Å². The average molecular weight is 399 g/mol. The molecule has 0 aromatic heterocycles. The lowest BCUT2D eigenvalue weighted by Gasteiger charge is -2.19. The molecule has 29 heavy (non-hydrogen) atoms. The van der Waals surface area contributed by atoms with Gasteiger partial charge in [0.1, 0.15) is 12.6 Å². The molecule has 7 heteroatoms. The van der Waals surface area contributed by atoms with Crippen molar-refractivity contribution in [2.45, 2.75) is 31.1 Å². The topological polar surface area (TPSA) is 94.1 Å². The summed E-state index contributed by atoms with van der Waals surface area (Å²) in [6, 6.07) is 15.0. The fourth-order valence-corrected chi connectivity index (χ4v) is 3.67. The van der Waals surface area contributed by atoms with Crippen molar-refractivity contribution in [2.75, 3.05) is 20.8 Å². The monoisotopic (exact) mass is 399 g/mol. The van der Waals surface area contributed by atoms with Gasteiger partial charge < -0.3 is 24.6 Å². The van der Waals surface area contributed by atoms with Gasteiger partial charge in [-0.1, -0.05) is 48.5 Å². The summed E-state index contributed by atoms with van der Waals surface area (Å²) in [5.41, 5.74) is 4.45. The second-order valence-electron chi connectivity index (χ2n) is 6.84. The van der Waals surface area contributed by atoms with Crippen LogP contribution in [-0.2, 0) is 19.0 Å². The number of fused-ring (bicyclic) bond motifs is 3. The van der Waals surface area contributed by atoms with Gasteiger partial charge in [-0.05, 0) is 28.7 Å². The van der Waals surface area contributed by atoms with Crippen molar-refractivity contribution in [1.82, 2.24) is 5.32 Å². The molecule has 0 bridgehead atoms. The fraction of sp³-hybridized carbons (Fsp3) is 0.364. The van der Waals surface area contributed by atoms with E-state index in [0.29, 0.717) is 6.42 Å². The van der Waals surface area contributed by atoms with Crippen LogP contribution in [0.1, 0.15) is 29.9 Å². The molecule has 2 aromatic carbocycles. The molecule has 0 fully saturated rings. The van der Waals surface area contributed by atoms with Gasteiger partial charge in [-0.3, -0.25) is 0 Å². The van der Waals surface area contributed by atoms with E-state index in [4.69, 9.17) is 14.2 Å². The van der Waals surface area contributed by atoms with Crippen LogP contribution in [0.3, 0.4) is 0 Å². The highest BCUT2D eigenvalue weighted by atomic mass is 16.7. The van der Waals surface area contributed by atoms with Gasteiger partial charge in [-0.15, -0.1) is 0 Å². The van der Waals surface area contributed by atoms with Gasteiger partial charge in [0.2, 0.25) is 0 Å². The molecule has 1 aliphatic rings. The Morgan fingerprint density at radius 1 is 0.966 bits per heavy atom. The van der Waals surface area contributed by atoms with E-state index in [-0.39, 0.29) is 18.9 Å². The maximum absolute atomic E-state index is 12.3. The van der Waals surface area contributed by atoms with Crippen LogP contribution in [0.15, 0.2) is 48.5 Å². The Balaban J connectivity index is 1.62. The minimum Gasteiger partial charge on any atom is -0.480 e. The standard InChI is InChI=1S/C22H25NO6/c1-27-20(28-2)12-11-19(21(24)25)23-22(26)29-13-18-16-9-5-3-7-14(16)15-8-4-6-10-17(15)18/h3-10,18-20H,11-13H2,1-2H3,(H,23,26)(H,24,25). The lowest BCUT2D eigenvalue weighted by Crippen LogP contribution is -2.42. The number of nitrogens with one attached hydrogen (secondary N) is 1. The number of hydrogen-bond donors (Lipinski definition) is 2. The molecular formula is C22H25NO6. The SMILES string of the molecule is COC(CCC(NC(=O)OCC1c2ccccc2-c2ccccc21)C(=O)O)OC. The van der Waals surface area contributed by atoms with Gasteiger partial charge in [0.05, 0.1) is 0 Å². The summed E-state index contributed by atoms with van der Waals surface area (Å²) in [5, 5.41) is 11.8. The summed E-state index contributed by atoms with van der Waals surface area (Å²) < 4.78 is 15.5. The smallest absolute Gasteiger partial charge is 0.407 e. The van der Waals surface area contributed by atoms with E-state index < -0.39 is 24.4 Å². The Morgan fingerprint density at radius 2 is 1.52 bits per heavy atom. The first kappa shape index (κ1) is 20.8. The number of rotatable bonds is 9. The largest absolute Gasteiger partial charge is 0.480 e. The van der Waals surface area contributed by atoms with E-state index >= 15 is 0 Å². The number of carboxylic acids is 1. The predicted octanol–water partition coefficient (Wildman–Crippen LogP) is 3.38. The molecule has 0 saturated heterocycles. The zero-order chi connectivity index (χ0) is 20.8. The molecule has 0 heterocycles. The third-order valence-electron chi connectivity index (χ3n) is 5.15. The highest BCUT2D eigenvalue weighted by Crippen LogP contribution is 2.44. The van der Waals surface area contributed by atoms with Crippen molar-refractivity contribution in [3.05, 3.63) is 59.7 Å². The number of ether oxygens (including phenoxy) is 3. The van der Waals surface area contributed by atoms with E-state index in [2.05, 4.69) is 17.4 Å². The lowest BCUT2D eigenvalue weighted by atomic mass is 9.98. The van der Waals surface area contributed by atoms with Crippen LogP contribution in [-0.4, -0.2) is 50.3 Å². The number of alkyl carbamates (subject to hydrolysis) is 1. The molecule has 0 aliphatic heterocycles. The van der Waals surface area contributed by atoms with Gasteiger partial charge in [0.25, 0.3) is 0 Å². The third-order valence-corrected chi connectivity index (χ3v) is 5.15. The number of benzene rings is 2. The number of carbonyl (C=O) groups is 2. The van der Waals surface area contributed by atoms with Crippen molar-refractivity contribution in [1.29, 1.82) is 0 Å². The summed E-state index contributed by atoms with van der Waals surface area (Å²) in [6.45, 7) is 0.130. The molecule has 0 spiro atoms. The van der Waals surface area contributed by atoms with Crippen LogP contribution in [0.5, 0.6) is 0 Å². The first-order valence-electron chi connectivity index (χ1n) is 9.45. The quantitative estimate of drug-likeness (QED) is 0.628. The van der Waals surface area contributed by atoms with E-state index in [0.717, 1.165) is 22.3 Å². The normalized spacial score (nSPS) is 13.6. The molecule has 3 rings (SSSR count). The minimum atomic E-state index is -1.13. The zero-order valence-electron chi connectivity index (χ0n) is 16.5. The van der Waals surface area contributed by atoms with Crippen LogP contribution in [0.2, 0.25) is 0 Å². The molecule has 1 atom stereocenters. The van der Waals surface area contributed by atoms with Crippen molar-refractivity contribution in [3.8, 4) is 11.1 Å². The third kappa shape index (κ3) is 4.75. The Hall–Kier alpha value is -2.90. The lowest BCUT2D eigenvalue weighted by molar-refractivity contribution is -0.141. The summed E-state index contributed by atoms with van der Waals surface area (Å²) in [7, 11) is 2.95. The van der Waals surface area contributed by atoms with E-state index in [1.54, 1.807) is 0 Å². The Bertz CT molecular complexity index is 818. The van der Waals surface area contributed by atoms with E-state index in [9.17, 15) is 14.7 Å². The molecule has 154 valence electrons. The second-order valence-corrected chi connectivity index (χ2v) is 6.84. The second kappa shape index (κ2) is 9.54. The van der Waals surface area contributed by atoms with Gasteiger partial charge in [0, 0.05) is 26.6 Å². The number of aliphatic carboxylic acids is 1. The number of carboxylic acid groups (broad SMARTS) is 1. The molecule has 7 nitrogen and oxygen atoms in total. The van der Waals surface area contributed by atoms with Gasteiger partial charge in [-0.2, -0.15) is 0 Å². The summed E-state index contributed by atoms with van der Waals surface area (Å²) in [5.74, 6) is -1.22. The fourth-order valence-electron chi connectivity index (χ4n) is 3.67. The average Bonchev–Trinajstić information content (AvgIpc) is 3.06. The van der Waals surface area contributed by atoms with Crippen LogP contribution in [0.25, 0.3) is 11.1 Å². The summed E-state index contributed by atoms with van der Waals surface area (Å²) in [4.78, 5) is 23.7. The Labute approximate surface area is 169 Å². The summed E-state index contributed by atoms with van der Waals surface area (Å²) >= 11 is 0. The number of amides is 1. The molecule has 1 aliphatic carbocycles. The van der Waals surface area contributed by atoms with Crippen molar-refractivity contribution >= 4 is 12.1 Å². The molecular weight excluding hydrogens is 374 g/mol. The molecule has 2 aromatic rings. The molecule has 0 radical (unpaired) electrons. The summed E-state index contributed by atoms with van der Waals surface area (Å²) in [6.07, 6.45) is -0.800. The number of carbonyl (C=O) groups excluding carboxylic acids is 1. The minimum absolute atomic E-state index is 0.0807. The highest BCUT2D eigenvalue weighted by Gasteiger charge is 2.29. The maximum Gasteiger partial charge on any atom is 0.407 e. The number of methoxy groups -OCH3 is 2. The Kier molecular flexibility index (Phi) is 6.85. The van der Waals surface area contributed by atoms with Crippen molar-refractivity contribution in [2.24, 2.45) is 0 Å². The van der Waals surface area contributed by atoms with Gasteiger partial charge in [-0.25, -0.2) is 9.59 Å². The number of hydrogen-bond acceptors (Lipinski definition) is 5. The maximum atomic E-state index is 12.3. The first-order chi connectivity index (χ1) is 14.0. The zero-order valence-corrected chi connectivity index (χ0v) is 16.5. The van der Waals surface area contributed by atoms with Crippen LogP contribution in [0, 0.1) is 0 Å². The van der Waals surface area contributed by atoms with Crippen LogP contribution < -0.4 is 5.32 Å². The Morgan fingerprint density at radius 3 is 2.03 bits per heavy atom. The molecule has 1 amide bonds. The van der Waals surface area contributed by atoms with E-state index in [1.807, 2.05) is 36.4 Å². The van der Waals surface area contributed by atoms with Crippen LogP contribution >= 0.6 is 0 Å². The van der Waals surface area contributed by atoms with Gasteiger partial charge >= 0.3 is 12.1 Å². The molecule has 0 saturated carbocycles. The van der Waals surface area contributed by atoms with Crippen molar-refractivity contribution in [3.63, 3.8) is 0 Å². The molecule has 1 unspecified atom stereocenters. The molecule has 2 N–H and O–H groups in total. The highest BCUT2D eigenvalue weighted by molar-refractivity contribution is 5.81.